The van der Waals surface area contributed by atoms with Crippen LogP contribution in [-0.4, -0.2) is 55.4 Å². The zero-order valence-electron chi connectivity index (χ0n) is 20.0. The van der Waals surface area contributed by atoms with E-state index in [1.54, 1.807) is 6.07 Å². The average molecular weight is 513 g/mol. The number of sulfone groups is 1. The summed E-state index contributed by atoms with van der Waals surface area (Å²) in [6, 6.07) is 3.50. The van der Waals surface area contributed by atoms with Crippen LogP contribution in [0.4, 0.5) is 19.1 Å². The van der Waals surface area contributed by atoms with Gasteiger partial charge in [0.25, 0.3) is 0 Å². The van der Waals surface area contributed by atoms with Crippen molar-refractivity contribution in [1.29, 1.82) is 0 Å². The second-order valence-electron chi connectivity index (χ2n) is 9.60. The normalized spacial score (nSPS) is 22.4. The number of alkyl halides is 3. The molecule has 3 heterocycles. The standard InChI is InChI=1S/C24H31F3N4O3S/c1-16-21(7-8-22(30-16)35(2,32)33)18-3-5-20(6-4-18)34-15-17-9-11-31(12-10-17)23-28-13-19(14-29-23)24(25,26)27/h7-8,13-14,17-18,20H,3-6,9-12,15H2,1-2H3. The molecule has 4 rings (SSSR count). The molecule has 1 aliphatic heterocycles. The van der Waals surface area contributed by atoms with Gasteiger partial charge in [0, 0.05) is 44.0 Å². The molecule has 0 atom stereocenters. The quantitative estimate of drug-likeness (QED) is 0.561. The van der Waals surface area contributed by atoms with Crippen LogP contribution in [0.5, 0.6) is 0 Å². The lowest BCUT2D eigenvalue weighted by Gasteiger charge is -2.34. The summed E-state index contributed by atoms with van der Waals surface area (Å²) in [5.74, 6) is 1.11. The first-order valence-corrected chi connectivity index (χ1v) is 13.8. The van der Waals surface area contributed by atoms with E-state index in [1.807, 2.05) is 17.9 Å². The molecule has 0 unspecified atom stereocenters. The fraction of sp³-hybridized carbons (Fsp3) is 0.625. The van der Waals surface area contributed by atoms with Crippen molar-refractivity contribution in [1.82, 2.24) is 15.0 Å². The predicted molar refractivity (Wildman–Crippen MR) is 125 cm³/mol. The number of halogens is 3. The summed E-state index contributed by atoms with van der Waals surface area (Å²) in [7, 11) is -3.31. The number of aromatic nitrogens is 3. The molecule has 0 bridgehead atoms. The third-order valence-corrected chi connectivity index (χ3v) is 8.01. The maximum absolute atomic E-state index is 12.7. The van der Waals surface area contributed by atoms with Gasteiger partial charge in [-0.05, 0) is 68.9 Å². The molecule has 1 saturated heterocycles. The zero-order valence-corrected chi connectivity index (χ0v) is 20.8. The van der Waals surface area contributed by atoms with E-state index < -0.39 is 21.6 Å². The highest BCUT2D eigenvalue weighted by Crippen LogP contribution is 2.36. The molecule has 1 aliphatic carbocycles. The predicted octanol–water partition coefficient (Wildman–Crippen LogP) is 4.56. The van der Waals surface area contributed by atoms with E-state index in [0.29, 0.717) is 37.5 Å². The van der Waals surface area contributed by atoms with Crippen LogP contribution in [0.25, 0.3) is 0 Å². The Bertz CT molecular complexity index is 1110. The van der Waals surface area contributed by atoms with Gasteiger partial charge in [0.2, 0.25) is 5.95 Å². The Hall–Kier alpha value is -2.27. The number of hydrogen-bond donors (Lipinski definition) is 0. The van der Waals surface area contributed by atoms with Crippen LogP contribution in [0.3, 0.4) is 0 Å². The Kier molecular flexibility index (Phi) is 7.65. The van der Waals surface area contributed by atoms with Gasteiger partial charge in [0.05, 0.1) is 11.7 Å². The lowest BCUT2D eigenvalue weighted by molar-refractivity contribution is -0.138. The highest BCUT2D eigenvalue weighted by molar-refractivity contribution is 7.90. The van der Waals surface area contributed by atoms with Crippen LogP contribution in [0.1, 0.15) is 61.3 Å². The molecule has 0 radical (unpaired) electrons. The number of piperidine rings is 1. The van der Waals surface area contributed by atoms with Gasteiger partial charge in [0.15, 0.2) is 14.9 Å². The van der Waals surface area contributed by atoms with Crippen LogP contribution in [0.2, 0.25) is 0 Å². The SMILES string of the molecule is Cc1nc(S(C)(=O)=O)ccc1C1CCC(OCC2CCN(c3ncc(C(F)(F)F)cn3)CC2)CC1. The summed E-state index contributed by atoms with van der Waals surface area (Å²) in [5, 5.41) is 0.117. The molecule has 2 aliphatic rings. The maximum atomic E-state index is 12.7. The Morgan fingerprint density at radius 3 is 2.20 bits per heavy atom. The third-order valence-electron chi connectivity index (χ3n) is 7.03. The van der Waals surface area contributed by atoms with Crippen LogP contribution in [0, 0.1) is 12.8 Å². The van der Waals surface area contributed by atoms with E-state index >= 15 is 0 Å². The van der Waals surface area contributed by atoms with Crippen molar-refractivity contribution in [2.75, 3.05) is 30.9 Å². The minimum atomic E-state index is -4.43. The molecule has 2 aromatic heterocycles. The fourth-order valence-corrected chi connectivity index (χ4v) is 5.55. The second kappa shape index (κ2) is 10.4. The summed E-state index contributed by atoms with van der Waals surface area (Å²) in [4.78, 5) is 14.0. The number of pyridine rings is 1. The first-order valence-electron chi connectivity index (χ1n) is 11.9. The van der Waals surface area contributed by atoms with Gasteiger partial charge in [-0.3, -0.25) is 0 Å². The zero-order chi connectivity index (χ0) is 25.2. The molecule has 2 aromatic rings. The monoisotopic (exact) mass is 512 g/mol. The number of anilines is 1. The summed E-state index contributed by atoms with van der Waals surface area (Å²) in [5.41, 5.74) is 1.06. The highest BCUT2D eigenvalue weighted by Gasteiger charge is 2.32. The molecule has 11 heteroatoms. The van der Waals surface area contributed by atoms with E-state index in [2.05, 4.69) is 15.0 Å². The average Bonchev–Trinajstić information content (AvgIpc) is 2.82. The van der Waals surface area contributed by atoms with Gasteiger partial charge in [-0.2, -0.15) is 13.2 Å². The molecule has 7 nitrogen and oxygen atoms in total. The largest absolute Gasteiger partial charge is 0.419 e. The molecule has 0 spiro atoms. The minimum absolute atomic E-state index is 0.117. The van der Waals surface area contributed by atoms with Gasteiger partial charge in [0.1, 0.15) is 0 Å². The van der Waals surface area contributed by atoms with Gasteiger partial charge >= 0.3 is 6.18 Å². The number of nitrogens with zero attached hydrogens (tertiary/aromatic N) is 4. The summed E-state index contributed by atoms with van der Waals surface area (Å²) in [6.07, 6.45) is 4.28. The van der Waals surface area contributed by atoms with Crippen molar-refractivity contribution >= 4 is 15.8 Å². The van der Waals surface area contributed by atoms with Crippen molar-refractivity contribution < 1.29 is 26.3 Å². The number of rotatable bonds is 6. The first kappa shape index (κ1) is 25.8. The highest BCUT2D eigenvalue weighted by atomic mass is 32.2. The van der Waals surface area contributed by atoms with Crippen molar-refractivity contribution in [2.24, 2.45) is 5.92 Å². The van der Waals surface area contributed by atoms with E-state index in [0.717, 1.165) is 62.2 Å². The maximum Gasteiger partial charge on any atom is 0.419 e. The van der Waals surface area contributed by atoms with Crippen LogP contribution in [-0.2, 0) is 20.8 Å². The van der Waals surface area contributed by atoms with Gasteiger partial charge in [-0.25, -0.2) is 23.4 Å². The Morgan fingerprint density at radius 1 is 1.03 bits per heavy atom. The first-order chi connectivity index (χ1) is 16.5. The van der Waals surface area contributed by atoms with Gasteiger partial charge in [-0.15, -0.1) is 0 Å². The Morgan fingerprint density at radius 2 is 1.66 bits per heavy atom. The number of ether oxygens (including phenoxy) is 1. The number of hydrogen-bond acceptors (Lipinski definition) is 7. The second-order valence-corrected chi connectivity index (χ2v) is 11.6. The van der Waals surface area contributed by atoms with E-state index in [-0.39, 0.29) is 11.1 Å². The van der Waals surface area contributed by atoms with Crippen molar-refractivity contribution in [3.63, 3.8) is 0 Å². The molecule has 0 N–H and O–H groups in total. The molecule has 192 valence electrons. The fourth-order valence-electron chi connectivity index (χ4n) is 4.93. The van der Waals surface area contributed by atoms with E-state index in [4.69, 9.17) is 4.74 Å². The van der Waals surface area contributed by atoms with Crippen LogP contribution < -0.4 is 4.90 Å². The third kappa shape index (κ3) is 6.49. The molecular formula is C24H31F3N4O3S. The molecule has 0 amide bonds. The van der Waals surface area contributed by atoms with E-state index in [9.17, 15) is 21.6 Å². The lowest BCUT2D eigenvalue weighted by atomic mass is 9.82. The summed E-state index contributed by atoms with van der Waals surface area (Å²) >= 11 is 0. The molecular weight excluding hydrogens is 481 g/mol. The van der Waals surface area contributed by atoms with Crippen molar-refractivity contribution in [2.45, 2.75) is 68.7 Å². The van der Waals surface area contributed by atoms with Crippen LogP contribution in [0.15, 0.2) is 29.6 Å². The molecule has 35 heavy (non-hydrogen) atoms. The summed E-state index contributed by atoms with van der Waals surface area (Å²) in [6.45, 7) is 3.94. The topological polar surface area (TPSA) is 85.3 Å². The van der Waals surface area contributed by atoms with E-state index in [1.165, 1.54) is 6.26 Å². The Labute approximate surface area is 204 Å². The lowest BCUT2D eigenvalue weighted by Crippen LogP contribution is -2.37. The molecule has 2 fully saturated rings. The van der Waals surface area contributed by atoms with Crippen molar-refractivity contribution in [3.8, 4) is 0 Å². The van der Waals surface area contributed by atoms with Gasteiger partial charge in [-0.1, -0.05) is 6.07 Å². The van der Waals surface area contributed by atoms with Gasteiger partial charge < -0.3 is 9.64 Å². The molecule has 1 saturated carbocycles. The number of aryl methyl sites for hydroxylation is 1. The minimum Gasteiger partial charge on any atom is -0.378 e. The smallest absolute Gasteiger partial charge is 0.378 e. The summed E-state index contributed by atoms with van der Waals surface area (Å²) < 4.78 is 67.8. The molecule has 0 aromatic carbocycles. The van der Waals surface area contributed by atoms with Crippen molar-refractivity contribution in [3.05, 3.63) is 41.3 Å². The van der Waals surface area contributed by atoms with Crippen LogP contribution >= 0.6 is 0 Å². The Balaban J connectivity index is 1.20.